The second kappa shape index (κ2) is 5.36. The van der Waals surface area contributed by atoms with Crippen LogP contribution < -0.4 is 0 Å². The van der Waals surface area contributed by atoms with E-state index in [9.17, 15) is 8.78 Å². The van der Waals surface area contributed by atoms with Crippen molar-refractivity contribution < 1.29 is 14.0 Å². The first kappa shape index (κ1) is 14.7. The predicted molar refractivity (Wildman–Crippen MR) is 85.1 cm³/mol. The van der Waals surface area contributed by atoms with E-state index in [4.69, 9.17) is 5.21 Å². The van der Waals surface area contributed by atoms with Crippen molar-refractivity contribution in [2.45, 2.75) is 25.8 Å². The second-order valence-electron chi connectivity index (χ2n) is 5.97. The van der Waals surface area contributed by atoms with Gasteiger partial charge < -0.3 is 9.77 Å². The van der Waals surface area contributed by atoms with E-state index in [0.717, 1.165) is 24.1 Å². The average molecular weight is 328 g/mol. The maximum Gasteiger partial charge on any atom is 0.160 e. The lowest BCUT2D eigenvalue weighted by Gasteiger charge is -2.10. The van der Waals surface area contributed by atoms with E-state index in [1.807, 2.05) is 10.6 Å². The molecule has 1 saturated carbocycles. The van der Waals surface area contributed by atoms with E-state index < -0.39 is 11.6 Å². The van der Waals surface area contributed by atoms with Crippen molar-refractivity contribution in [3.8, 4) is 11.3 Å². The summed E-state index contributed by atoms with van der Waals surface area (Å²) in [6, 6.07) is 6.29. The molecule has 2 heterocycles. The Labute approximate surface area is 136 Å². The summed E-state index contributed by atoms with van der Waals surface area (Å²) in [7, 11) is 0. The van der Waals surface area contributed by atoms with E-state index in [2.05, 4.69) is 15.4 Å². The van der Waals surface area contributed by atoms with Gasteiger partial charge in [-0.15, -0.1) is 5.10 Å². The topological polar surface area (TPSA) is 63.3 Å². The number of hydrogen-bond donors (Lipinski definition) is 1. The van der Waals surface area contributed by atoms with Crippen molar-refractivity contribution in [2.75, 3.05) is 0 Å². The van der Waals surface area contributed by atoms with Crippen LogP contribution in [0.15, 0.2) is 35.6 Å². The molecule has 0 atom stereocenters. The molecular formula is C17H14F2N4O. The summed E-state index contributed by atoms with van der Waals surface area (Å²) < 4.78 is 29.3. The van der Waals surface area contributed by atoms with Gasteiger partial charge in [0.05, 0.1) is 17.4 Å². The van der Waals surface area contributed by atoms with E-state index >= 15 is 0 Å². The quantitative estimate of drug-likeness (QED) is 0.450. The minimum atomic E-state index is -0.862. The summed E-state index contributed by atoms with van der Waals surface area (Å²) >= 11 is 0. The Bertz CT molecular complexity index is 976. The van der Waals surface area contributed by atoms with Crippen molar-refractivity contribution in [1.29, 1.82) is 0 Å². The molecule has 0 unspecified atom stereocenters. The fraction of sp³-hybridized carbons (Fsp3) is 0.235. The monoisotopic (exact) mass is 328 g/mol. The minimum Gasteiger partial charge on any atom is -0.411 e. The van der Waals surface area contributed by atoms with Crippen LogP contribution in [0.1, 0.15) is 31.5 Å². The predicted octanol–water partition coefficient (Wildman–Crippen LogP) is 3.91. The van der Waals surface area contributed by atoms with Crippen molar-refractivity contribution in [3.63, 3.8) is 0 Å². The first-order valence-electron chi connectivity index (χ1n) is 7.60. The third kappa shape index (κ3) is 2.33. The molecule has 0 aliphatic heterocycles. The number of oxime groups is 1. The van der Waals surface area contributed by atoms with Gasteiger partial charge in [-0.25, -0.2) is 8.78 Å². The molecule has 1 aromatic carbocycles. The van der Waals surface area contributed by atoms with Gasteiger partial charge in [0.2, 0.25) is 0 Å². The molecule has 0 spiro atoms. The molecule has 122 valence electrons. The maximum absolute atomic E-state index is 13.7. The van der Waals surface area contributed by atoms with Crippen LogP contribution in [0.4, 0.5) is 8.78 Å². The molecule has 1 fully saturated rings. The van der Waals surface area contributed by atoms with E-state index in [0.29, 0.717) is 22.3 Å². The summed E-state index contributed by atoms with van der Waals surface area (Å²) in [5, 5.41) is 20.6. The highest BCUT2D eigenvalue weighted by molar-refractivity contribution is 5.97. The number of halogens is 2. The normalized spacial score (nSPS) is 15.2. The van der Waals surface area contributed by atoms with Crippen molar-refractivity contribution in [3.05, 3.63) is 47.8 Å². The van der Waals surface area contributed by atoms with Crippen LogP contribution in [0.25, 0.3) is 22.2 Å². The Morgan fingerprint density at radius 2 is 1.96 bits per heavy atom. The number of benzene rings is 1. The van der Waals surface area contributed by atoms with Crippen LogP contribution in [0.2, 0.25) is 0 Å². The standard InChI is InChI=1S/C17H14F2N4O/c1-9(22-24)15-5-11(8-20-21-15)16-6-10-4-13(18)14(19)7-17(10)23(16)12-2-3-12/h4-8,12,24H,2-3H2,1H3. The molecule has 5 nitrogen and oxygen atoms in total. The number of nitrogens with zero attached hydrogens (tertiary/aromatic N) is 4. The first-order valence-corrected chi connectivity index (χ1v) is 7.60. The fourth-order valence-electron chi connectivity index (χ4n) is 2.91. The van der Waals surface area contributed by atoms with Crippen molar-refractivity contribution >= 4 is 16.6 Å². The lowest BCUT2D eigenvalue weighted by atomic mass is 10.1. The van der Waals surface area contributed by atoms with Crippen LogP contribution >= 0.6 is 0 Å². The molecular weight excluding hydrogens is 314 g/mol. The van der Waals surface area contributed by atoms with Crippen LogP contribution in [0.3, 0.4) is 0 Å². The summed E-state index contributed by atoms with van der Waals surface area (Å²) in [4.78, 5) is 0. The summed E-state index contributed by atoms with van der Waals surface area (Å²) in [5.41, 5.74) is 3.03. The van der Waals surface area contributed by atoms with Gasteiger partial charge in [0.15, 0.2) is 11.6 Å². The smallest absolute Gasteiger partial charge is 0.160 e. The van der Waals surface area contributed by atoms with Gasteiger partial charge in [-0.3, -0.25) is 0 Å². The number of aromatic nitrogens is 3. The highest BCUT2D eigenvalue weighted by atomic mass is 19.2. The Morgan fingerprint density at radius 3 is 2.67 bits per heavy atom. The second-order valence-corrected chi connectivity index (χ2v) is 5.97. The zero-order valence-corrected chi connectivity index (χ0v) is 12.9. The van der Waals surface area contributed by atoms with Crippen molar-refractivity contribution in [2.24, 2.45) is 5.16 Å². The van der Waals surface area contributed by atoms with Crippen molar-refractivity contribution in [1.82, 2.24) is 14.8 Å². The molecule has 7 heteroatoms. The summed E-state index contributed by atoms with van der Waals surface area (Å²) in [6.45, 7) is 1.62. The third-order valence-electron chi connectivity index (χ3n) is 4.26. The van der Waals surface area contributed by atoms with Gasteiger partial charge in [-0.2, -0.15) is 5.10 Å². The highest BCUT2D eigenvalue weighted by Gasteiger charge is 2.28. The van der Waals surface area contributed by atoms with Crippen LogP contribution in [0.5, 0.6) is 0 Å². The molecule has 1 aliphatic rings. The molecule has 0 radical (unpaired) electrons. The van der Waals surface area contributed by atoms with E-state index in [-0.39, 0.29) is 6.04 Å². The SMILES string of the molecule is CC(=NO)c1cc(-c2cc3cc(F)c(F)cc3n2C2CC2)cnn1. The Morgan fingerprint density at radius 1 is 1.21 bits per heavy atom. The Kier molecular flexibility index (Phi) is 3.30. The van der Waals surface area contributed by atoms with Crippen LogP contribution in [0, 0.1) is 11.6 Å². The van der Waals surface area contributed by atoms with Gasteiger partial charge in [-0.1, -0.05) is 5.16 Å². The average Bonchev–Trinajstić information content (AvgIpc) is 3.37. The zero-order valence-electron chi connectivity index (χ0n) is 12.9. The first-order chi connectivity index (χ1) is 11.6. The van der Waals surface area contributed by atoms with Crippen LogP contribution in [-0.2, 0) is 0 Å². The number of hydrogen-bond acceptors (Lipinski definition) is 4. The van der Waals surface area contributed by atoms with Gasteiger partial charge in [0, 0.05) is 23.1 Å². The molecule has 1 aliphatic carbocycles. The number of fused-ring (bicyclic) bond motifs is 1. The minimum absolute atomic E-state index is 0.270. The van der Waals surface area contributed by atoms with Gasteiger partial charge in [0.1, 0.15) is 11.4 Å². The maximum atomic E-state index is 13.7. The zero-order chi connectivity index (χ0) is 16.8. The highest BCUT2D eigenvalue weighted by Crippen LogP contribution is 2.42. The van der Waals surface area contributed by atoms with Crippen LogP contribution in [-0.4, -0.2) is 25.7 Å². The Hall–Kier alpha value is -2.83. The lowest BCUT2D eigenvalue weighted by Crippen LogP contribution is -2.03. The van der Waals surface area contributed by atoms with Gasteiger partial charge in [0.25, 0.3) is 0 Å². The number of rotatable bonds is 3. The largest absolute Gasteiger partial charge is 0.411 e. The van der Waals surface area contributed by atoms with E-state index in [1.165, 1.54) is 12.1 Å². The van der Waals surface area contributed by atoms with Gasteiger partial charge >= 0.3 is 0 Å². The van der Waals surface area contributed by atoms with Gasteiger partial charge in [-0.05, 0) is 38.0 Å². The molecule has 24 heavy (non-hydrogen) atoms. The fourth-order valence-corrected chi connectivity index (χ4v) is 2.91. The molecule has 0 saturated heterocycles. The summed E-state index contributed by atoms with van der Waals surface area (Å²) in [5.74, 6) is -1.72. The molecule has 0 bridgehead atoms. The molecule has 1 N–H and O–H groups in total. The molecule has 2 aromatic heterocycles. The third-order valence-corrected chi connectivity index (χ3v) is 4.26. The van der Waals surface area contributed by atoms with E-state index in [1.54, 1.807) is 19.2 Å². The lowest BCUT2D eigenvalue weighted by molar-refractivity contribution is 0.319. The Balaban J connectivity index is 1.95. The molecule has 4 rings (SSSR count). The molecule has 3 aromatic rings. The molecule has 0 amide bonds. The summed E-state index contributed by atoms with van der Waals surface area (Å²) in [6.07, 6.45) is 3.59.